The van der Waals surface area contributed by atoms with Crippen molar-refractivity contribution in [3.63, 3.8) is 0 Å². The van der Waals surface area contributed by atoms with Gasteiger partial charge in [0.1, 0.15) is 16.1 Å². The summed E-state index contributed by atoms with van der Waals surface area (Å²) in [4.78, 5) is 11.1. The molecule has 0 aliphatic carbocycles. The topological polar surface area (TPSA) is 40.1 Å². The molecule has 0 spiro atoms. The van der Waals surface area contributed by atoms with E-state index in [-0.39, 0.29) is 15.2 Å². The number of thiophene rings is 1. The van der Waals surface area contributed by atoms with E-state index in [1.165, 1.54) is 0 Å². The second-order valence-electron chi connectivity index (χ2n) is 3.60. The number of aromatic carboxylic acids is 1. The van der Waals surface area contributed by atoms with Crippen LogP contribution in [0.3, 0.4) is 0 Å². The molecular formula is C9H12O2S. The summed E-state index contributed by atoms with van der Waals surface area (Å²) in [5.74, 6) is -1.04. The minimum absolute atomic E-state index is 0.0150. The summed E-state index contributed by atoms with van der Waals surface area (Å²) in [6.07, 6.45) is 0. The summed E-state index contributed by atoms with van der Waals surface area (Å²) in [5.41, 5.74) is 0. The zero-order valence-electron chi connectivity index (χ0n) is 7.46. The summed E-state index contributed by atoms with van der Waals surface area (Å²) >= 11 is 0. The van der Waals surface area contributed by atoms with Crippen LogP contribution < -0.4 is 5.11 Å². The fourth-order valence-corrected chi connectivity index (χ4v) is 2.90. The Hall–Kier alpha value is -0.830. The van der Waals surface area contributed by atoms with E-state index in [1.807, 2.05) is 26.2 Å². The molecule has 0 N–H and O–H groups in total. The molecule has 0 amide bonds. The SMILES string of the molecule is CC(C)(C)[s+]1cccc1C(=O)[O-]. The number of carboxylic acids is 1. The van der Waals surface area contributed by atoms with Gasteiger partial charge in [-0.15, -0.1) is 0 Å². The van der Waals surface area contributed by atoms with Crippen LogP contribution in [0, 0.1) is 0 Å². The highest BCUT2D eigenvalue weighted by molar-refractivity contribution is 7.33. The third-order valence-corrected chi connectivity index (χ3v) is 4.09. The Morgan fingerprint density at radius 1 is 1.50 bits per heavy atom. The second-order valence-corrected chi connectivity index (χ2v) is 6.21. The first-order valence-electron chi connectivity index (χ1n) is 3.76. The van der Waals surface area contributed by atoms with Gasteiger partial charge >= 0.3 is 0 Å². The van der Waals surface area contributed by atoms with Gasteiger partial charge in [-0.2, -0.15) is 0 Å². The van der Waals surface area contributed by atoms with Gasteiger partial charge in [0, 0.05) is 6.07 Å². The minimum atomic E-state index is -1.04. The Bertz CT molecular complexity index is 294. The molecule has 66 valence electrons. The third kappa shape index (κ3) is 1.67. The van der Waals surface area contributed by atoms with Crippen molar-refractivity contribution in [2.45, 2.75) is 25.5 Å². The van der Waals surface area contributed by atoms with E-state index >= 15 is 0 Å². The Kier molecular flexibility index (Phi) is 2.24. The first kappa shape index (κ1) is 9.26. The van der Waals surface area contributed by atoms with Crippen LogP contribution in [0.25, 0.3) is 0 Å². The van der Waals surface area contributed by atoms with Crippen molar-refractivity contribution in [1.82, 2.24) is 0 Å². The van der Waals surface area contributed by atoms with Gasteiger partial charge in [-0.1, -0.05) is 0 Å². The summed E-state index contributed by atoms with van der Waals surface area (Å²) in [6, 6.07) is 3.42. The fourth-order valence-electron chi connectivity index (χ4n) is 1.04. The van der Waals surface area contributed by atoms with Crippen LogP contribution >= 0.6 is 10.5 Å². The average Bonchev–Trinajstić information content (AvgIpc) is 2.30. The lowest BCUT2D eigenvalue weighted by atomic mass is 10.3. The molecule has 0 bridgehead atoms. The standard InChI is InChI=1S/C9H12O2S/c1-9(2,3)12-6-4-5-7(12)8(10)11/h4-6H,1-3H3. The average molecular weight is 184 g/mol. The molecule has 1 rings (SSSR count). The summed E-state index contributed by atoms with van der Waals surface area (Å²) in [6.45, 7) is 6.09. The van der Waals surface area contributed by atoms with Gasteiger partial charge < -0.3 is 9.90 Å². The molecule has 0 radical (unpaired) electrons. The maximum absolute atomic E-state index is 10.6. The molecule has 1 aromatic rings. The van der Waals surface area contributed by atoms with Gasteiger partial charge in [0.15, 0.2) is 4.88 Å². The molecule has 3 heteroatoms. The van der Waals surface area contributed by atoms with E-state index in [2.05, 4.69) is 0 Å². The number of carbonyl (C=O) groups is 1. The minimum Gasteiger partial charge on any atom is -0.540 e. The van der Waals surface area contributed by atoms with E-state index in [4.69, 9.17) is 0 Å². The van der Waals surface area contributed by atoms with Crippen LogP contribution in [0.5, 0.6) is 0 Å². The second kappa shape index (κ2) is 2.90. The molecule has 1 aromatic heterocycles. The highest BCUT2D eigenvalue weighted by Gasteiger charge is 2.28. The smallest absolute Gasteiger partial charge is 0.196 e. The molecule has 0 aliphatic heterocycles. The van der Waals surface area contributed by atoms with E-state index in [0.717, 1.165) is 0 Å². The van der Waals surface area contributed by atoms with Gasteiger partial charge in [0.25, 0.3) is 0 Å². The zero-order chi connectivity index (χ0) is 9.35. The number of rotatable bonds is 1. The molecule has 0 saturated carbocycles. The predicted molar refractivity (Wildman–Crippen MR) is 48.2 cm³/mol. The van der Waals surface area contributed by atoms with Crippen molar-refractivity contribution in [2.24, 2.45) is 0 Å². The first-order chi connectivity index (χ1) is 5.43. The molecule has 1 unspecified atom stereocenters. The van der Waals surface area contributed by atoms with Crippen LogP contribution in [0.15, 0.2) is 17.5 Å². The van der Waals surface area contributed by atoms with Crippen molar-refractivity contribution in [3.05, 3.63) is 22.4 Å². The van der Waals surface area contributed by atoms with Crippen molar-refractivity contribution in [1.29, 1.82) is 0 Å². The van der Waals surface area contributed by atoms with Crippen molar-refractivity contribution >= 4 is 16.4 Å². The van der Waals surface area contributed by atoms with E-state index in [9.17, 15) is 9.90 Å². The molecule has 2 nitrogen and oxygen atoms in total. The largest absolute Gasteiger partial charge is 0.540 e. The summed E-state index contributed by atoms with van der Waals surface area (Å²) in [5, 5.41) is 12.6. The Morgan fingerprint density at radius 3 is 2.42 bits per heavy atom. The van der Waals surface area contributed by atoms with Gasteiger partial charge in [-0.05, 0) is 37.3 Å². The van der Waals surface area contributed by atoms with Crippen LogP contribution in [0.4, 0.5) is 0 Å². The molecule has 1 heterocycles. The number of carbonyl (C=O) groups excluding carboxylic acids is 1. The van der Waals surface area contributed by atoms with Gasteiger partial charge in [0.2, 0.25) is 0 Å². The molecular weight excluding hydrogens is 172 g/mol. The van der Waals surface area contributed by atoms with E-state index in [1.54, 1.807) is 12.1 Å². The normalized spacial score (nSPS) is 13.1. The van der Waals surface area contributed by atoms with E-state index < -0.39 is 5.97 Å². The van der Waals surface area contributed by atoms with Crippen molar-refractivity contribution in [2.75, 3.05) is 0 Å². The maximum Gasteiger partial charge on any atom is 0.196 e. The molecule has 0 fully saturated rings. The highest BCUT2D eigenvalue weighted by atomic mass is 32.2. The number of hydrogen-bond acceptors (Lipinski definition) is 2. The van der Waals surface area contributed by atoms with Crippen molar-refractivity contribution in [3.8, 4) is 0 Å². The molecule has 0 aromatic carbocycles. The first-order valence-corrected chi connectivity index (χ1v) is 5.05. The quantitative estimate of drug-likeness (QED) is 0.621. The van der Waals surface area contributed by atoms with Crippen LogP contribution in [0.2, 0.25) is 0 Å². The zero-order valence-corrected chi connectivity index (χ0v) is 8.27. The molecule has 12 heavy (non-hydrogen) atoms. The lowest BCUT2D eigenvalue weighted by Gasteiger charge is -2.10. The summed E-state index contributed by atoms with van der Waals surface area (Å²) < 4.78 is -0.0150. The molecule has 0 saturated heterocycles. The maximum atomic E-state index is 10.6. The van der Waals surface area contributed by atoms with Crippen LogP contribution in [-0.2, 0) is 4.75 Å². The summed E-state index contributed by atoms with van der Waals surface area (Å²) in [7, 11) is -0.294. The Balaban J connectivity index is 3.17. The van der Waals surface area contributed by atoms with Crippen LogP contribution in [0.1, 0.15) is 30.4 Å². The lowest BCUT2D eigenvalue weighted by Crippen LogP contribution is -2.23. The van der Waals surface area contributed by atoms with E-state index in [0.29, 0.717) is 4.88 Å². The number of hydrogen-bond donors (Lipinski definition) is 0. The predicted octanol–water partition coefficient (Wildman–Crippen LogP) is 1.55. The monoisotopic (exact) mass is 184 g/mol. The molecule has 0 aliphatic rings. The van der Waals surface area contributed by atoms with Gasteiger partial charge in [0.05, 0.1) is 0 Å². The Morgan fingerprint density at radius 2 is 2.08 bits per heavy atom. The van der Waals surface area contributed by atoms with Crippen molar-refractivity contribution < 1.29 is 9.90 Å². The fraction of sp³-hybridized carbons (Fsp3) is 0.444. The van der Waals surface area contributed by atoms with Gasteiger partial charge in [-0.3, -0.25) is 0 Å². The Labute approximate surface area is 74.8 Å². The molecule has 1 atom stereocenters. The number of carboxylic acid groups (broad SMARTS) is 1. The highest BCUT2D eigenvalue weighted by Crippen LogP contribution is 2.39. The van der Waals surface area contributed by atoms with Crippen LogP contribution in [-0.4, -0.2) is 5.97 Å². The third-order valence-electron chi connectivity index (χ3n) is 1.56. The van der Waals surface area contributed by atoms with Gasteiger partial charge in [-0.25, -0.2) is 0 Å². The lowest BCUT2D eigenvalue weighted by molar-refractivity contribution is -0.254.